The molecule has 0 atom stereocenters. The Labute approximate surface area is 88.3 Å². The van der Waals surface area contributed by atoms with Gasteiger partial charge in [0.15, 0.2) is 11.5 Å². The number of hydrogen-bond donors (Lipinski definition) is 1. The zero-order valence-corrected chi connectivity index (χ0v) is 9.01. The van der Waals surface area contributed by atoms with Gasteiger partial charge in [-0.2, -0.15) is 9.61 Å². The van der Waals surface area contributed by atoms with Gasteiger partial charge >= 0.3 is 0 Å². The van der Waals surface area contributed by atoms with Gasteiger partial charge in [-0.15, -0.1) is 10.2 Å². The summed E-state index contributed by atoms with van der Waals surface area (Å²) in [7, 11) is 0. The lowest BCUT2D eigenvalue weighted by molar-refractivity contribution is 0.378. The second kappa shape index (κ2) is 3.58. The minimum Gasteiger partial charge on any atom is -0.319 e. The summed E-state index contributed by atoms with van der Waals surface area (Å²) >= 11 is 0. The average Bonchev–Trinajstić information content (AvgIpc) is 2.72. The Kier molecular flexibility index (Phi) is 2.40. The van der Waals surface area contributed by atoms with Gasteiger partial charge in [0, 0.05) is 6.20 Å². The number of nitrogens with zero attached hydrogens (tertiary/aromatic N) is 4. The van der Waals surface area contributed by atoms with Gasteiger partial charge in [0.25, 0.3) is 0 Å². The molecule has 0 radical (unpaired) electrons. The Morgan fingerprint density at radius 3 is 2.73 bits per heavy atom. The topological polar surface area (TPSA) is 69.1 Å². The summed E-state index contributed by atoms with van der Waals surface area (Å²) in [6.07, 6.45) is 3.35. The number of hydrogen-bond acceptors (Lipinski definition) is 4. The van der Waals surface area contributed by atoms with E-state index in [0.717, 1.165) is 24.3 Å². The highest BCUT2D eigenvalue weighted by Crippen LogP contribution is 2.23. The molecule has 5 heteroatoms. The quantitative estimate of drug-likeness (QED) is 0.814. The predicted molar refractivity (Wildman–Crippen MR) is 57.2 cm³/mol. The molecule has 0 saturated carbocycles. The highest BCUT2D eigenvalue weighted by atomic mass is 15.4. The van der Waals surface area contributed by atoms with Crippen LogP contribution >= 0.6 is 0 Å². The van der Waals surface area contributed by atoms with Crippen molar-refractivity contribution in [1.29, 1.82) is 0 Å². The Bertz CT molecular complexity index is 458. The SMILES string of the molecule is CCC(N)(CC)c1nnc2cccnn12. The van der Waals surface area contributed by atoms with E-state index >= 15 is 0 Å². The van der Waals surface area contributed by atoms with Crippen molar-refractivity contribution >= 4 is 5.65 Å². The first-order valence-electron chi connectivity index (χ1n) is 5.17. The lowest BCUT2D eigenvalue weighted by Crippen LogP contribution is -2.37. The van der Waals surface area contributed by atoms with E-state index < -0.39 is 5.54 Å². The Hall–Kier alpha value is -1.49. The van der Waals surface area contributed by atoms with Crippen molar-refractivity contribution in [3.63, 3.8) is 0 Å². The zero-order chi connectivity index (χ0) is 10.9. The van der Waals surface area contributed by atoms with Gasteiger partial charge in [-0.25, -0.2) is 0 Å². The monoisotopic (exact) mass is 205 g/mol. The molecule has 2 rings (SSSR count). The Balaban J connectivity index is 2.61. The van der Waals surface area contributed by atoms with E-state index in [1.807, 2.05) is 26.0 Å². The Morgan fingerprint density at radius 1 is 1.33 bits per heavy atom. The van der Waals surface area contributed by atoms with E-state index in [2.05, 4.69) is 15.3 Å². The number of aromatic nitrogens is 4. The standard InChI is InChI=1S/C10H15N5/c1-3-10(11,4-2)9-14-13-8-6-5-7-12-15(8)9/h5-7H,3-4,11H2,1-2H3. The van der Waals surface area contributed by atoms with Crippen molar-refractivity contribution < 1.29 is 0 Å². The van der Waals surface area contributed by atoms with Gasteiger partial charge < -0.3 is 5.73 Å². The zero-order valence-electron chi connectivity index (χ0n) is 9.01. The summed E-state index contributed by atoms with van der Waals surface area (Å²) in [5.41, 5.74) is 6.57. The summed E-state index contributed by atoms with van der Waals surface area (Å²) in [6, 6.07) is 3.71. The molecule has 2 heterocycles. The molecule has 2 aromatic heterocycles. The lowest BCUT2D eigenvalue weighted by Gasteiger charge is -2.23. The molecule has 0 unspecified atom stereocenters. The first-order chi connectivity index (χ1) is 7.21. The second-order valence-corrected chi connectivity index (χ2v) is 3.68. The van der Waals surface area contributed by atoms with Crippen molar-refractivity contribution in [2.45, 2.75) is 32.2 Å². The van der Waals surface area contributed by atoms with Crippen LogP contribution < -0.4 is 5.73 Å². The van der Waals surface area contributed by atoms with Gasteiger partial charge in [0.05, 0.1) is 5.54 Å². The number of fused-ring (bicyclic) bond motifs is 1. The molecular formula is C10H15N5. The maximum absolute atomic E-state index is 6.27. The summed E-state index contributed by atoms with van der Waals surface area (Å²) in [4.78, 5) is 0. The summed E-state index contributed by atoms with van der Waals surface area (Å²) in [5.74, 6) is 0.739. The lowest BCUT2D eigenvalue weighted by atomic mass is 9.93. The van der Waals surface area contributed by atoms with Crippen molar-refractivity contribution in [2.75, 3.05) is 0 Å². The molecular weight excluding hydrogens is 190 g/mol. The fourth-order valence-electron chi connectivity index (χ4n) is 1.62. The van der Waals surface area contributed by atoms with Crippen molar-refractivity contribution in [3.05, 3.63) is 24.2 Å². The van der Waals surface area contributed by atoms with E-state index in [-0.39, 0.29) is 0 Å². The van der Waals surface area contributed by atoms with E-state index in [9.17, 15) is 0 Å². The van der Waals surface area contributed by atoms with Gasteiger partial charge in [-0.1, -0.05) is 13.8 Å². The molecule has 0 amide bonds. The molecule has 0 fully saturated rings. The molecule has 0 aliphatic rings. The van der Waals surface area contributed by atoms with Crippen LogP contribution in [0, 0.1) is 0 Å². The molecule has 80 valence electrons. The molecule has 2 N–H and O–H groups in total. The molecule has 0 aromatic carbocycles. The summed E-state index contributed by atoms with van der Waals surface area (Å²) in [6.45, 7) is 4.10. The van der Waals surface area contributed by atoms with E-state index in [1.165, 1.54) is 0 Å². The third kappa shape index (κ3) is 1.48. The third-order valence-corrected chi connectivity index (χ3v) is 2.89. The van der Waals surface area contributed by atoms with Crippen LogP contribution in [0.15, 0.2) is 18.3 Å². The predicted octanol–water partition coefficient (Wildman–Crippen LogP) is 1.10. The maximum Gasteiger partial charge on any atom is 0.177 e. The van der Waals surface area contributed by atoms with Gasteiger partial charge in [-0.05, 0) is 25.0 Å². The molecule has 0 spiro atoms. The first-order valence-corrected chi connectivity index (χ1v) is 5.17. The normalized spacial score (nSPS) is 12.2. The molecule has 0 bridgehead atoms. The number of nitrogens with two attached hydrogens (primary N) is 1. The summed E-state index contributed by atoms with van der Waals surface area (Å²) in [5, 5.41) is 12.4. The molecule has 2 aromatic rings. The molecule has 0 saturated heterocycles. The number of rotatable bonds is 3. The molecule has 0 aliphatic carbocycles. The van der Waals surface area contributed by atoms with Gasteiger partial charge in [-0.3, -0.25) is 0 Å². The minimum atomic E-state index is -0.437. The average molecular weight is 205 g/mol. The first kappa shape index (κ1) is 10.0. The minimum absolute atomic E-state index is 0.437. The van der Waals surface area contributed by atoms with Crippen LogP contribution in [0.5, 0.6) is 0 Å². The highest BCUT2D eigenvalue weighted by molar-refractivity contribution is 5.35. The summed E-state index contributed by atoms with van der Waals surface area (Å²) < 4.78 is 1.72. The fourth-order valence-corrected chi connectivity index (χ4v) is 1.62. The van der Waals surface area contributed by atoms with Crippen LogP contribution in [0.3, 0.4) is 0 Å². The largest absolute Gasteiger partial charge is 0.319 e. The van der Waals surface area contributed by atoms with E-state index in [4.69, 9.17) is 5.73 Å². The van der Waals surface area contributed by atoms with Crippen LogP contribution in [0.4, 0.5) is 0 Å². The van der Waals surface area contributed by atoms with Crippen molar-refractivity contribution in [3.8, 4) is 0 Å². The van der Waals surface area contributed by atoms with E-state index in [0.29, 0.717) is 0 Å². The third-order valence-electron chi connectivity index (χ3n) is 2.89. The van der Waals surface area contributed by atoms with Gasteiger partial charge in [0.2, 0.25) is 0 Å². The van der Waals surface area contributed by atoms with Crippen LogP contribution in [0.25, 0.3) is 5.65 Å². The molecule has 5 nitrogen and oxygen atoms in total. The Morgan fingerprint density at radius 2 is 2.07 bits per heavy atom. The van der Waals surface area contributed by atoms with Crippen LogP contribution in [-0.2, 0) is 5.54 Å². The van der Waals surface area contributed by atoms with Crippen LogP contribution in [0.1, 0.15) is 32.5 Å². The second-order valence-electron chi connectivity index (χ2n) is 3.68. The maximum atomic E-state index is 6.27. The van der Waals surface area contributed by atoms with E-state index in [1.54, 1.807) is 10.7 Å². The van der Waals surface area contributed by atoms with Crippen molar-refractivity contribution in [2.24, 2.45) is 5.73 Å². The highest BCUT2D eigenvalue weighted by Gasteiger charge is 2.29. The van der Waals surface area contributed by atoms with Gasteiger partial charge in [0.1, 0.15) is 0 Å². The van der Waals surface area contributed by atoms with Crippen LogP contribution in [-0.4, -0.2) is 19.8 Å². The van der Waals surface area contributed by atoms with Crippen LogP contribution in [0.2, 0.25) is 0 Å². The molecule has 0 aliphatic heterocycles. The smallest absolute Gasteiger partial charge is 0.177 e. The molecule has 15 heavy (non-hydrogen) atoms. The fraction of sp³-hybridized carbons (Fsp3) is 0.500. The van der Waals surface area contributed by atoms with Crippen molar-refractivity contribution in [1.82, 2.24) is 19.8 Å².